The van der Waals surface area contributed by atoms with Gasteiger partial charge in [0.2, 0.25) is 11.9 Å². The quantitative estimate of drug-likeness (QED) is 0.178. The van der Waals surface area contributed by atoms with Crippen LogP contribution in [0.1, 0.15) is 85.6 Å². The minimum atomic E-state index is -0.708. The van der Waals surface area contributed by atoms with Gasteiger partial charge in [-0.05, 0) is 66.4 Å². The number of carbonyl (C=O) groups is 3. The molecule has 5 N–H and O–H groups in total. The summed E-state index contributed by atoms with van der Waals surface area (Å²) in [6.07, 6.45) is 4.80. The Bertz CT molecular complexity index is 859. The molecule has 1 rings (SSSR count). The topological polar surface area (TPSA) is 144 Å². The molecule has 1 atom stereocenters. The molecule has 0 aliphatic heterocycles. The number of benzene rings is 1. The van der Waals surface area contributed by atoms with E-state index in [2.05, 4.69) is 20.9 Å². The monoisotopic (exact) mass is 533 g/mol. The van der Waals surface area contributed by atoms with E-state index in [9.17, 15) is 14.4 Å². The number of nitrogens with one attached hydrogen (secondary N) is 3. The van der Waals surface area contributed by atoms with Crippen molar-refractivity contribution in [2.75, 3.05) is 13.1 Å². The van der Waals surface area contributed by atoms with Crippen LogP contribution in [0.2, 0.25) is 0 Å². The molecule has 0 saturated heterocycles. The first kappa shape index (κ1) is 32.9. The Kier molecular flexibility index (Phi) is 14.4. The van der Waals surface area contributed by atoms with E-state index in [-0.39, 0.29) is 11.9 Å². The van der Waals surface area contributed by atoms with Crippen LogP contribution in [0.25, 0.3) is 0 Å². The molecule has 0 saturated carbocycles. The Hall–Kier alpha value is -3.14. The lowest BCUT2D eigenvalue weighted by molar-refractivity contribution is -0.122. The van der Waals surface area contributed by atoms with Crippen molar-refractivity contribution in [2.45, 2.75) is 104 Å². The summed E-state index contributed by atoms with van der Waals surface area (Å²) in [4.78, 5) is 40.7. The van der Waals surface area contributed by atoms with Crippen LogP contribution in [0.15, 0.2) is 35.3 Å². The Labute approximate surface area is 227 Å². The molecule has 0 heterocycles. The number of amides is 3. The van der Waals surface area contributed by atoms with Crippen LogP contribution >= 0.6 is 0 Å². The third-order valence-corrected chi connectivity index (χ3v) is 5.03. The van der Waals surface area contributed by atoms with Gasteiger partial charge in [0.1, 0.15) is 11.2 Å². The van der Waals surface area contributed by atoms with E-state index in [4.69, 9.17) is 15.2 Å². The maximum atomic E-state index is 12.2. The Morgan fingerprint density at radius 3 is 1.84 bits per heavy atom. The van der Waals surface area contributed by atoms with Crippen molar-refractivity contribution in [1.82, 2.24) is 16.0 Å². The van der Waals surface area contributed by atoms with Crippen LogP contribution in [0.5, 0.6) is 0 Å². The predicted octanol–water partition coefficient (Wildman–Crippen LogP) is 4.42. The van der Waals surface area contributed by atoms with Crippen molar-refractivity contribution >= 4 is 24.1 Å². The molecular formula is C28H47N5O5. The van der Waals surface area contributed by atoms with E-state index >= 15 is 0 Å². The fourth-order valence-electron chi connectivity index (χ4n) is 3.35. The van der Waals surface area contributed by atoms with Crippen LogP contribution < -0.4 is 21.7 Å². The number of alkyl carbamates (subject to hydrolysis) is 2. The lowest BCUT2D eigenvalue weighted by Crippen LogP contribution is -2.47. The standard InChI is InChI=1S/C28H47N5O5/c1-27(2,3)37-25(35)32-24(33-26(36)38-28(4,5)6)31-19-15-10-8-7-9-14-18-30-23(34)22(29)20-21-16-12-11-13-17-21/h11-13,16-17,22H,7-10,14-15,18-20,29H2,1-6H3,(H,30,34)(H2,31,32,33,35,36)/t22-/m0/s1. The smallest absolute Gasteiger partial charge is 0.414 e. The van der Waals surface area contributed by atoms with Crippen LogP contribution in [-0.2, 0) is 20.7 Å². The minimum absolute atomic E-state index is 0.00489. The van der Waals surface area contributed by atoms with Gasteiger partial charge in [0, 0.05) is 13.1 Å². The number of unbranched alkanes of at least 4 members (excludes halogenated alkanes) is 5. The van der Waals surface area contributed by atoms with Gasteiger partial charge >= 0.3 is 12.2 Å². The zero-order valence-electron chi connectivity index (χ0n) is 23.9. The van der Waals surface area contributed by atoms with Gasteiger partial charge in [0.25, 0.3) is 0 Å². The molecule has 0 unspecified atom stereocenters. The SMILES string of the molecule is CC(C)(C)OC(=O)NC(=NCCCCCCCCNC(=O)[C@@H](N)Cc1ccccc1)NC(=O)OC(C)(C)C. The van der Waals surface area contributed by atoms with Gasteiger partial charge in [0.15, 0.2) is 0 Å². The van der Waals surface area contributed by atoms with E-state index in [1.807, 2.05) is 30.3 Å². The highest BCUT2D eigenvalue weighted by Gasteiger charge is 2.21. The van der Waals surface area contributed by atoms with E-state index < -0.39 is 29.4 Å². The summed E-state index contributed by atoms with van der Waals surface area (Å²) in [6.45, 7) is 11.5. The molecule has 1 aromatic carbocycles. The van der Waals surface area contributed by atoms with Gasteiger partial charge < -0.3 is 20.5 Å². The number of nitrogens with two attached hydrogens (primary N) is 1. The second kappa shape index (κ2) is 16.7. The van der Waals surface area contributed by atoms with E-state index in [1.165, 1.54) is 0 Å². The summed E-state index contributed by atoms with van der Waals surface area (Å²) in [7, 11) is 0. The lowest BCUT2D eigenvalue weighted by atomic mass is 10.1. The second-order valence-corrected chi connectivity index (χ2v) is 11.2. The highest BCUT2D eigenvalue weighted by Crippen LogP contribution is 2.09. The molecule has 0 aromatic heterocycles. The van der Waals surface area contributed by atoms with Crippen LogP contribution in [0.4, 0.5) is 9.59 Å². The molecule has 1 aromatic rings. The molecule has 0 radical (unpaired) electrons. The number of nitrogens with zero attached hydrogens (tertiary/aromatic N) is 1. The van der Waals surface area contributed by atoms with Crippen molar-refractivity contribution in [2.24, 2.45) is 10.7 Å². The number of carbonyl (C=O) groups excluding carboxylic acids is 3. The van der Waals surface area contributed by atoms with Gasteiger partial charge in [-0.15, -0.1) is 0 Å². The summed E-state index contributed by atoms with van der Waals surface area (Å²) in [6, 6.07) is 9.20. The maximum absolute atomic E-state index is 12.2. The third kappa shape index (κ3) is 17.3. The lowest BCUT2D eigenvalue weighted by Gasteiger charge is -2.22. The molecule has 10 nitrogen and oxygen atoms in total. The molecule has 0 spiro atoms. The third-order valence-electron chi connectivity index (χ3n) is 5.03. The molecule has 38 heavy (non-hydrogen) atoms. The minimum Gasteiger partial charge on any atom is -0.444 e. The van der Waals surface area contributed by atoms with Crippen molar-refractivity contribution < 1.29 is 23.9 Å². The Balaban J connectivity index is 2.29. The average molecular weight is 534 g/mol. The van der Waals surface area contributed by atoms with E-state index in [0.717, 1.165) is 44.1 Å². The number of rotatable bonds is 12. The molecular weight excluding hydrogens is 486 g/mol. The molecule has 214 valence electrons. The highest BCUT2D eigenvalue weighted by atomic mass is 16.6. The fraction of sp³-hybridized carbons (Fsp3) is 0.643. The van der Waals surface area contributed by atoms with Crippen LogP contribution in [0, 0.1) is 0 Å². The van der Waals surface area contributed by atoms with Gasteiger partial charge in [0.05, 0.1) is 6.04 Å². The first-order valence-electron chi connectivity index (χ1n) is 13.4. The van der Waals surface area contributed by atoms with Gasteiger partial charge in [-0.3, -0.25) is 20.4 Å². The summed E-state index contributed by atoms with van der Waals surface area (Å²) < 4.78 is 10.5. The maximum Gasteiger partial charge on any atom is 0.414 e. The van der Waals surface area contributed by atoms with E-state index in [1.54, 1.807) is 41.5 Å². The Morgan fingerprint density at radius 1 is 0.816 bits per heavy atom. The molecule has 0 aliphatic rings. The first-order valence-corrected chi connectivity index (χ1v) is 13.4. The normalized spacial score (nSPS) is 12.2. The summed E-state index contributed by atoms with van der Waals surface area (Å²) >= 11 is 0. The number of aliphatic imine (C=N–C) groups is 1. The van der Waals surface area contributed by atoms with Crippen molar-refractivity contribution in [1.29, 1.82) is 0 Å². The average Bonchev–Trinajstić information content (AvgIpc) is 2.78. The fourth-order valence-corrected chi connectivity index (χ4v) is 3.35. The van der Waals surface area contributed by atoms with E-state index in [0.29, 0.717) is 19.5 Å². The molecule has 0 fully saturated rings. The van der Waals surface area contributed by atoms with Crippen molar-refractivity contribution in [3.63, 3.8) is 0 Å². The highest BCUT2D eigenvalue weighted by molar-refractivity contribution is 6.01. The van der Waals surface area contributed by atoms with Gasteiger partial charge in [-0.1, -0.05) is 56.0 Å². The van der Waals surface area contributed by atoms with Crippen LogP contribution in [-0.4, -0.2) is 54.4 Å². The largest absolute Gasteiger partial charge is 0.444 e. The first-order chi connectivity index (χ1) is 17.7. The molecule has 0 aliphatic carbocycles. The Morgan fingerprint density at radius 2 is 1.32 bits per heavy atom. The summed E-state index contributed by atoms with van der Waals surface area (Å²) in [5.74, 6) is -0.128. The molecule has 10 heteroatoms. The second-order valence-electron chi connectivity index (χ2n) is 11.2. The summed E-state index contributed by atoms with van der Waals surface area (Å²) in [5, 5.41) is 7.87. The van der Waals surface area contributed by atoms with Gasteiger partial charge in [-0.25, -0.2) is 9.59 Å². The van der Waals surface area contributed by atoms with Crippen molar-refractivity contribution in [3.8, 4) is 0 Å². The van der Waals surface area contributed by atoms with Crippen molar-refractivity contribution in [3.05, 3.63) is 35.9 Å². The van der Waals surface area contributed by atoms with Crippen LogP contribution in [0.3, 0.4) is 0 Å². The number of guanidine groups is 1. The zero-order chi connectivity index (χ0) is 28.6. The number of ether oxygens (including phenoxy) is 2. The molecule has 3 amide bonds. The zero-order valence-corrected chi connectivity index (χ0v) is 23.9. The summed E-state index contributed by atoms with van der Waals surface area (Å²) in [5.41, 5.74) is 5.69. The molecule has 0 bridgehead atoms. The number of hydrogen-bond donors (Lipinski definition) is 4. The predicted molar refractivity (Wildman–Crippen MR) is 150 cm³/mol. The number of hydrogen-bond acceptors (Lipinski definition) is 7. The van der Waals surface area contributed by atoms with Gasteiger partial charge in [-0.2, -0.15) is 0 Å².